The van der Waals surface area contributed by atoms with Crippen LogP contribution in [0.3, 0.4) is 0 Å². The maximum atomic E-state index is 13.0. The molecule has 1 N–H and O–H groups in total. The first kappa shape index (κ1) is 14.9. The van der Waals surface area contributed by atoms with Gasteiger partial charge in [-0.05, 0) is 38.5 Å². The van der Waals surface area contributed by atoms with E-state index in [1.165, 1.54) is 13.2 Å². The molecule has 0 aliphatic carbocycles. The van der Waals surface area contributed by atoms with Crippen LogP contribution in [-0.4, -0.2) is 37.0 Å². The molecular weight excluding hydrogens is 412 g/mol. The number of pyridine rings is 1. The zero-order chi connectivity index (χ0) is 12.8. The van der Waals surface area contributed by atoms with Crippen LogP contribution in [0.25, 0.3) is 0 Å². The van der Waals surface area contributed by atoms with Crippen molar-refractivity contribution in [2.75, 3.05) is 20.5 Å². The Hall–Kier alpha value is -0.190. The summed E-state index contributed by atoms with van der Waals surface area (Å²) in [7, 11) is 1.46. The minimum Gasteiger partial charge on any atom is -0.461 e. The molecule has 5 nitrogen and oxygen atoms in total. The molecule has 0 saturated carbocycles. The Labute approximate surface area is 120 Å². The molecule has 1 unspecified atom stereocenters. The van der Waals surface area contributed by atoms with Crippen LogP contribution < -0.4 is 9.47 Å². The molecule has 0 aliphatic heterocycles. The van der Waals surface area contributed by atoms with E-state index in [2.05, 4.69) is 20.9 Å². The molecule has 1 heterocycles. The fraction of sp³-hybridized carbons (Fsp3) is 0.444. The van der Waals surface area contributed by atoms with E-state index in [0.29, 0.717) is 8.30 Å². The van der Waals surface area contributed by atoms with Gasteiger partial charge in [-0.1, -0.05) is 0 Å². The van der Waals surface area contributed by atoms with Crippen LogP contribution in [0.4, 0.5) is 4.39 Å². The van der Waals surface area contributed by atoms with Crippen molar-refractivity contribution in [1.29, 1.82) is 0 Å². The molecule has 0 spiro atoms. The number of nitrogens with zero attached hydrogens (tertiary/aromatic N) is 1. The first-order valence-corrected chi connectivity index (χ1v) is 6.35. The van der Waals surface area contributed by atoms with Crippen molar-refractivity contribution in [3.63, 3.8) is 0 Å². The van der Waals surface area contributed by atoms with Crippen molar-refractivity contribution in [2.45, 2.75) is 6.36 Å². The lowest BCUT2D eigenvalue weighted by molar-refractivity contribution is 0.00505. The van der Waals surface area contributed by atoms with E-state index in [0.717, 1.165) is 0 Å². The fourth-order valence-corrected chi connectivity index (χ4v) is 2.32. The summed E-state index contributed by atoms with van der Waals surface area (Å²) in [5, 5.41) is 8.61. The van der Waals surface area contributed by atoms with E-state index in [4.69, 9.17) is 19.3 Å². The standard InChI is InChI=1S/C9H10BrFINO4/c1-15-4-16-8-5(17-6(11)3-14)2-7(12)13-9(8)10/h2,6,14H,3-4H2,1H3. The number of methoxy groups -OCH3 is 1. The third-order valence-corrected chi connectivity index (χ3v) is 2.68. The second kappa shape index (κ2) is 7.29. The second-order valence-corrected chi connectivity index (χ2v) is 4.68. The zero-order valence-corrected chi connectivity index (χ0v) is 12.6. The van der Waals surface area contributed by atoms with Gasteiger partial charge in [0.2, 0.25) is 0 Å². The lowest BCUT2D eigenvalue weighted by atomic mass is 10.4. The van der Waals surface area contributed by atoms with Gasteiger partial charge in [-0.15, -0.1) is 0 Å². The third kappa shape index (κ3) is 4.53. The minimum atomic E-state index is -1.81. The van der Waals surface area contributed by atoms with Crippen LogP contribution >= 0.6 is 38.5 Å². The Balaban J connectivity index is 2.97. The van der Waals surface area contributed by atoms with Gasteiger partial charge in [-0.3, -0.25) is 0 Å². The molecule has 0 radical (unpaired) electrons. The van der Waals surface area contributed by atoms with Crippen molar-refractivity contribution >= 4 is 38.5 Å². The van der Waals surface area contributed by atoms with Crippen molar-refractivity contribution in [3.8, 4) is 11.5 Å². The first-order valence-electron chi connectivity index (χ1n) is 4.47. The topological polar surface area (TPSA) is 60.8 Å². The second-order valence-electron chi connectivity index (χ2n) is 2.82. The Morgan fingerprint density at radius 1 is 1.65 bits per heavy atom. The Morgan fingerprint density at radius 3 is 2.94 bits per heavy atom. The molecule has 0 aromatic carbocycles. The number of alkyl halides is 1. The molecule has 0 saturated heterocycles. The highest BCUT2D eigenvalue weighted by molar-refractivity contribution is 14.1. The van der Waals surface area contributed by atoms with Gasteiger partial charge in [0.1, 0.15) is 10.3 Å². The zero-order valence-electron chi connectivity index (χ0n) is 8.82. The van der Waals surface area contributed by atoms with Gasteiger partial charge in [0.05, 0.1) is 0 Å². The summed E-state index contributed by atoms with van der Waals surface area (Å²) in [5.41, 5.74) is 0. The molecule has 17 heavy (non-hydrogen) atoms. The largest absolute Gasteiger partial charge is 0.461 e. The fourth-order valence-electron chi connectivity index (χ4n) is 0.963. The van der Waals surface area contributed by atoms with Gasteiger partial charge in [0.15, 0.2) is 22.9 Å². The molecule has 0 bridgehead atoms. The summed E-state index contributed by atoms with van der Waals surface area (Å²) in [5.74, 6) is 0.373. The average molecular weight is 422 g/mol. The van der Waals surface area contributed by atoms with Crippen LogP contribution in [0.2, 0.25) is 0 Å². The summed E-state index contributed by atoms with van der Waals surface area (Å²) < 4.78 is 28.8. The van der Waals surface area contributed by atoms with Gasteiger partial charge in [0, 0.05) is 13.2 Å². The van der Waals surface area contributed by atoms with E-state index >= 15 is 0 Å². The monoisotopic (exact) mass is 421 g/mol. The molecule has 0 fully saturated rings. The summed E-state index contributed by atoms with van der Waals surface area (Å²) in [6.45, 7) is -0.756. The molecule has 8 heteroatoms. The maximum absolute atomic E-state index is 13.0. The molecular formula is C9H10BrFINO4. The summed E-state index contributed by atoms with van der Waals surface area (Å²) in [6, 6.07) is 1.50. The van der Waals surface area contributed by atoms with Gasteiger partial charge < -0.3 is 19.3 Å². The van der Waals surface area contributed by atoms with Gasteiger partial charge in [-0.2, -0.15) is 4.39 Å². The van der Waals surface area contributed by atoms with Crippen LogP contribution in [0, 0.1) is 3.70 Å². The van der Waals surface area contributed by atoms with Gasteiger partial charge in [0.25, 0.3) is 6.36 Å². The van der Waals surface area contributed by atoms with E-state index < -0.39 is 13.0 Å². The molecule has 1 rings (SSSR count). The SMILES string of the molecule is COCOc1c(OC(F)CO)cc(I)nc1Br. The predicted molar refractivity (Wildman–Crippen MR) is 69.8 cm³/mol. The van der Waals surface area contributed by atoms with Crippen molar-refractivity contribution < 1.29 is 23.7 Å². The first-order chi connectivity index (χ1) is 8.08. The maximum Gasteiger partial charge on any atom is 0.261 e. The van der Waals surface area contributed by atoms with Gasteiger partial charge >= 0.3 is 0 Å². The highest BCUT2D eigenvalue weighted by Crippen LogP contribution is 2.35. The summed E-state index contributed by atoms with van der Waals surface area (Å²) in [6.07, 6.45) is -1.81. The summed E-state index contributed by atoms with van der Waals surface area (Å²) in [4.78, 5) is 4.08. The molecule has 0 aliphatic rings. The quantitative estimate of drug-likeness (QED) is 0.433. The van der Waals surface area contributed by atoms with Crippen LogP contribution in [-0.2, 0) is 4.74 Å². The van der Waals surface area contributed by atoms with Crippen molar-refractivity contribution in [2.24, 2.45) is 0 Å². The predicted octanol–water partition coefficient (Wildman–Crippen LogP) is 2.10. The van der Waals surface area contributed by atoms with Gasteiger partial charge in [-0.25, -0.2) is 4.98 Å². The minimum absolute atomic E-state index is 0.0205. The third-order valence-electron chi connectivity index (χ3n) is 1.59. The Bertz CT molecular complexity index is 382. The molecule has 96 valence electrons. The number of aromatic nitrogens is 1. The molecule has 1 atom stereocenters. The number of aliphatic hydroxyl groups is 1. The van der Waals surface area contributed by atoms with Crippen LogP contribution in [0.15, 0.2) is 10.7 Å². The number of halogens is 3. The highest BCUT2D eigenvalue weighted by atomic mass is 127. The van der Waals surface area contributed by atoms with E-state index in [9.17, 15) is 4.39 Å². The normalized spacial score (nSPS) is 12.3. The summed E-state index contributed by atoms with van der Waals surface area (Å²) >= 11 is 5.13. The Morgan fingerprint density at radius 2 is 2.35 bits per heavy atom. The smallest absolute Gasteiger partial charge is 0.261 e. The molecule has 1 aromatic rings. The number of rotatable bonds is 6. The number of hydrogen-bond donors (Lipinski definition) is 1. The van der Waals surface area contributed by atoms with Crippen LogP contribution in [0.5, 0.6) is 11.5 Å². The highest BCUT2D eigenvalue weighted by Gasteiger charge is 2.16. The average Bonchev–Trinajstić information content (AvgIpc) is 2.27. The lowest BCUT2D eigenvalue weighted by Crippen LogP contribution is -2.16. The molecule has 0 amide bonds. The number of ether oxygens (including phenoxy) is 3. The van der Waals surface area contributed by atoms with E-state index in [1.54, 1.807) is 0 Å². The van der Waals surface area contributed by atoms with Crippen molar-refractivity contribution in [1.82, 2.24) is 4.98 Å². The Kier molecular flexibility index (Phi) is 6.38. The van der Waals surface area contributed by atoms with E-state index in [-0.39, 0.29) is 18.3 Å². The van der Waals surface area contributed by atoms with Crippen LogP contribution in [0.1, 0.15) is 0 Å². The number of aliphatic hydroxyl groups excluding tert-OH is 1. The lowest BCUT2D eigenvalue weighted by Gasteiger charge is -2.15. The van der Waals surface area contributed by atoms with E-state index in [1.807, 2.05) is 22.6 Å². The van der Waals surface area contributed by atoms with Crippen molar-refractivity contribution in [3.05, 3.63) is 14.4 Å². The molecule has 1 aromatic heterocycles. The number of hydrogen-bond acceptors (Lipinski definition) is 5.